The van der Waals surface area contributed by atoms with Crippen LogP contribution in [0.15, 0.2) is 18.2 Å². The Kier molecular flexibility index (Phi) is 6.86. The highest BCUT2D eigenvalue weighted by Crippen LogP contribution is 2.27. The second kappa shape index (κ2) is 8.19. The molecule has 0 saturated carbocycles. The van der Waals surface area contributed by atoms with Crippen molar-refractivity contribution < 1.29 is 9.53 Å². The molecule has 0 aliphatic heterocycles. The Labute approximate surface area is 116 Å². The standard InChI is InChI=1S/C12H16Cl2N2O2/c13-9-3-4-11(10(14)7-9)18-8-12(17)16-6-2-1-5-15/h3-4,7H,1-2,5-6,8,15H2,(H,16,17). The first-order valence-corrected chi connectivity index (χ1v) is 6.43. The number of nitrogens with two attached hydrogens (primary N) is 1. The summed E-state index contributed by atoms with van der Waals surface area (Å²) in [6, 6.07) is 4.85. The first-order chi connectivity index (χ1) is 8.63. The molecule has 0 heterocycles. The smallest absolute Gasteiger partial charge is 0.257 e. The van der Waals surface area contributed by atoms with Crippen LogP contribution in [-0.4, -0.2) is 25.6 Å². The van der Waals surface area contributed by atoms with Crippen molar-refractivity contribution >= 4 is 29.1 Å². The molecule has 6 heteroatoms. The van der Waals surface area contributed by atoms with Crippen molar-refractivity contribution in [3.05, 3.63) is 28.2 Å². The van der Waals surface area contributed by atoms with Crippen molar-refractivity contribution in [2.75, 3.05) is 19.7 Å². The van der Waals surface area contributed by atoms with Gasteiger partial charge in [-0.3, -0.25) is 4.79 Å². The van der Waals surface area contributed by atoms with E-state index in [1.807, 2.05) is 0 Å². The van der Waals surface area contributed by atoms with Gasteiger partial charge in [-0.25, -0.2) is 0 Å². The van der Waals surface area contributed by atoms with Gasteiger partial charge in [0.2, 0.25) is 0 Å². The molecule has 18 heavy (non-hydrogen) atoms. The zero-order valence-electron chi connectivity index (χ0n) is 9.92. The van der Waals surface area contributed by atoms with E-state index in [0.717, 1.165) is 12.8 Å². The Morgan fingerprint density at radius 1 is 1.33 bits per heavy atom. The minimum absolute atomic E-state index is 0.0655. The molecule has 0 unspecified atom stereocenters. The Balaban J connectivity index is 2.29. The van der Waals surface area contributed by atoms with Gasteiger partial charge in [-0.2, -0.15) is 0 Å². The van der Waals surface area contributed by atoms with E-state index in [1.54, 1.807) is 18.2 Å². The number of unbranched alkanes of at least 4 members (excludes halogenated alkanes) is 1. The second-order valence-corrected chi connectivity index (χ2v) is 4.55. The van der Waals surface area contributed by atoms with Gasteiger partial charge < -0.3 is 15.8 Å². The number of rotatable bonds is 7. The van der Waals surface area contributed by atoms with Crippen LogP contribution in [0.3, 0.4) is 0 Å². The van der Waals surface area contributed by atoms with Gasteiger partial charge in [-0.1, -0.05) is 23.2 Å². The molecule has 0 spiro atoms. The molecule has 0 radical (unpaired) electrons. The minimum Gasteiger partial charge on any atom is -0.482 e. The summed E-state index contributed by atoms with van der Waals surface area (Å²) >= 11 is 11.7. The molecule has 1 rings (SSSR count). The molecule has 100 valence electrons. The van der Waals surface area contributed by atoms with Crippen LogP contribution in [-0.2, 0) is 4.79 Å². The fraction of sp³-hybridized carbons (Fsp3) is 0.417. The number of nitrogens with one attached hydrogen (secondary N) is 1. The third-order valence-electron chi connectivity index (χ3n) is 2.21. The number of halogens is 2. The van der Waals surface area contributed by atoms with Gasteiger partial charge in [0.25, 0.3) is 5.91 Å². The lowest BCUT2D eigenvalue weighted by atomic mass is 10.3. The zero-order valence-corrected chi connectivity index (χ0v) is 11.4. The number of hydrogen-bond acceptors (Lipinski definition) is 3. The minimum atomic E-state index is -0.182. The molecule has 4 nitrogen and oxygen atoms in total. The van der Waals surface area contributed by atoms with Crippen LogP contribution in [0.4, 0.5) is 0 Å². The molecule has 1 amide bonds. The van der Waals surface area contributed by atoms with E-state index in [2.05, 4.69) is 5.32 Å². The molecule has 0 atom stereocenters. The van der Waals surface area contributed by atoms with Crippen LogP contribution in [0.1, 0.15) is 12.8 Å². The van der Waals surface area contributed by atoms with Crippen molar-refractivity contribution in [2.24, 2.45) is 5.73 Å². The molecule has 1 aromatic carbocycles. The van der Waals surface area contributed by atoms with E-state index in [4.69, 9.17) is 33.7 Å². The van der Waals surface area contributed by atoms with Crippen LogP contribution in [0.25, 0.3) is 0 Å². The fourth-order valence-corrected chi connectivity index (χ4v) is 1.75. The van der Waals surface area contributed by atoms with E-state index in [1.165, 1.54) is 0 Å². The first kappa shape index (κ1) is 15.1. The average Bonchev–Trinajstić information content (AvgIpc) is 2.33. The Hall–Kier alpha value is -0.970. The quantitative estimate of drug-likeness (QED) is 0.757. The largest absolute Gasteiger partial charge is 0.482 e. The summed E-state index contributed by atoms with van der Waals surface area (Å²) in [5.74, 6) is 0.260. The van der Waals surface area contributed by atoms with Crippen molar-refractivity contribution in [1.29, 1.82) is 0 Å². The molecule has 0 aromatic heterocycles. The highest BCUT2D eigenvalue weighted by atomic mass is 35.5. The number of benzene rings is 1. The highest BCUT2D eigenvalue weighted by Gasteiger charge is 2.05. The summed E-state index contributed by atoms with van der Waals surface area (Å²) in [4.78, 5) is 11.4. The molecule has 0 fully saturated rings. The maximum Gasteiger partial charge on any atom is 0.257 e. The number of ether oxygens (including phenoxy) is 1. The molecule has 0 saturated heterocycles. The first-order valence-electron chi connectivity index (χ1n) is 5.68. The zero-order chi connectivity index (χ0) is 13.4. The summed E-state index contributed by atoms with van der Waals surface area (Å²) in [7, 11) is 0. The molecule has 1 aromatic rings. The number of amides is 1. The lowest BCUT2D eigenvalue weighted by Crippen LogP contribution is -2.29. The van der Waals surface area contributed by atoms with Crippen LogP contribution in [0.5, 0.6) is 5.75 Å². The van der Waals surface area contributed by atoms with Gasteiger partial charge in [0, 0.05) is 11.6 Å². The lowest BCUT2D eigenvalue weighted by Gasteiger charge is -2.08. The third kappa shape index (κ3) is 5.58. The van der Waals surface area contributed by atoms with Crippen molar-refractivity contribution in [3.8, 4) is 5.75 Å². The highest BCUT2D eigenvalue weighted by molar-refractivity contribution is 6.35. The molecular weight excluding hydrogens is 275 g/mol. The van der Waals surface area contributed by atoms with Gasteiger partial charge >= 0.3 is 0 Å². The van der Waals surface area contributed by atoms with Gasteiger partial charge in [0.05, 0.1) is 5.02 Å². The molecule has 0 bridgehead atoms. The Bertz CT molecular complexity index is 400. The number of hydrogen-bond donors (Lipinski definition) is 2. The molecule has 0 aliphatic carbocycles. The predicted octanol–water partition coefficient (Wildman–Crippen LogP) is 2.23. The van der Waals surface area contributed by atoms with Crippen LogP contribution >= 0.6 is 23.2 Å². The molecule has 3 N–H and O–H groups in total. The summed E-state index contributed by atoms with van der Waals surface area (Å²) in [6.45, 7) is 1.17. The van der Waals surface area contributed by atoms with E-state index in [0.29, 0.717) is 28.9 Å². The molecular formula is C12H16Cl2N2O2. The SMILES string of the molecule is NCCCCNC(=O)COc1ccc(Cl)cc1Cl. The number of carbonyl (C=O) groups is 1. The van der Waals surface area contributed by atoms with E-state index < -0.39 is 0 Å². The second-order valence-electron chi connectivity index (χ2n) is 3.71. The summed E-state index contributed by atoms with van der Waals surface area (Å²) in [6.07, 6.45) is 1.76. The average molecular weight is 291 g/mol. The maximum absolute atomic E-state index is 11.4. The summed E-state index contributed by atoms with van der Waals surface area (Å²) in [5.41, 5.74) is 5.35. The van der Waals surface area contributed by atoms with Crippen LogP contribution < -0.4 is 15.8 Å². The van der Waals surface area contributed by atoms with Gasteiger partial charge in [0.15, 0.2) is 6.61 Å². The predicted molar refractivity (Wildman–Crippen MR) is 73.3 cm³/mol. The monoisotopic (exact) mass is 290 g/mol. The van der Waals surface area contributed by atoms with E-state index in [-0.39, 0.29) is 12.5 Å². The molecule has 0 aliphatic rings. The summed E-state index contributed by atoms with van der Waals surface area (Å²) < 4.78 is 5.28. The fourth-order valence-electron chi connectivity index (χ4n) is 1.28. The topological polar surface area (TPSA) is 64.3 Å². The van der Waals surface area contributed by atoms with Crippen molar-refractivity contribution in [2.45, 2.75) is 12.8 Å². The van der Waals surface area contributed by atoms with Crippen molar-refractivity contribution in [3.63, 3.8) is 0 Å². The van der Waals surface area contributed by atoms with E-state index in [9.17, 15) is 4.79 Å². The van der Waals surface area contributed by atoms with Crippen LogP contribution in [0, 0.1) is 0 Å². The van der Waals surface area contributed by atoms with E-state index >= 15 is 0 Å². The normalized spacial score (nSPS) is 10.2. The van der Waals surface area contributed by atoms with Gasteiger partial charge in [-0.05, 0) is 37.6 Å². The Morgan fingerprint density at radius 3 is 2.78 bits per heavy atom. The van der Waals surface area contributed by atoms with Crippen LogP contribution in [0.2, 0.25) is 10.0 Å². The van der Waals surface area contributed by atoms with Gasteiger partial charge in [-0.15, -0.1) is 0 Å². The third-order valence-corrected chi connectivity index (χ3v) is 2.74. The maximum atomic E-state index is 11.4. The number of carbonyl (C=O) groups excluding carboxylic acids is 1. The summed E-state index contributed by atoms with van der Waals surface area (Å²) in [5, 5.41) is 3.64. The van der Waals surface area contributed by atoms with Gasteiger partial charge in [0.1, 0.15) is 5.75 Å². The van der Waals surface area contributed by atoms with Crippen molar-refractivity contribution in [1.82, 2.24) is 5.32 Å². The Morgan fingerprint density at radius 2 is 2.11 bits per heavy atom. The lowest BCUT2D eigenvalue weighted by molar-refractivity contribution is -0.123.